The van der Waals surface area contributed by atoms with Crippen LogP contribution < -0.4 is 10.2 Å². The normalized spacial score (nSPS) is 13.9. The number of carbonyl (C=O) groups excluding carboxylic acids is 2. The van der Waals surface area contributed by atoms with Crippen LogP contribution in [0.5, 0.6) is 5.75 Å². The molecule has 1 heterocycles. The van der Waals surface area contributed by atoms with E-state index < -0.39 is 5.91 Å². The third-order valence-corrected chi connectivity index (χ3v) is 5.17. The van der Waals surface area contributed by atoms with Crippen LogP contribution in [0.25, 0.3) is 0 Å². The Hall–Kier alpha value is -3.06. The Morgan fingerprint density at radius 2 is 1.80 bits per heavy atom. The number of nitrogens with zero attached hydrogens (tertiary/aromatic N) is 2. The van der Waals surface area contributed by atoms with Crippen molar-refractivity contribution in [2.75, 3.05) is 50.1 Å². The summed E-state index contributed by atoms with van der Waals surface area (Å²) in [5, 5.41) is 13.0. The van der Waals surface area contributed by atoms with Gasteiger partial charge in [0, 0.05) is 31.5 Å². The number of rotatable bonds is 6. The van der Waals surface area contributed by atoms with Crippen LogP contribution in [0, 0.1) is 0 Å². The average molecular weight is 412 g/mol. The Labute approximate surface area is 177 Å². The van der Waals surface area contributed by atoms with E-state index in [1.807, 2.05) is 44.2 Å². The molecule has 0 radical (unpaired) electrons. The SMILES string of the molecule is CC(C)c1ccc(C(=O)N(C)CC(=O)Nc2ccc(N3CCOCC3)cc2)c(O)c1. The van der Waals surface area contributed by atoms with Gasteiger partial charge in [0.2, 0.25) is 5.91 Å². The van der Waals surface area contributed by atoms with Gasteiger partial charge >= 0.3 is 0 Å². The van der Waals surface area contributed by atoms with Gasteiger partial charge in [-0.2, -0.15) is 0 Å². The predicted octanol–water partition coefficient (Wildman–Crippen LogP) is 3.06. The van der Waals surface area contributed by atoms with E-state index in [4.69, 9.17) is 4.74 Å². The van der Waals surface area contributed by atoms with Gasteiger partial charge in [0.1, 0.15) is 5.75 Å². The van der Waals surface area contributed by atoms with Gasteiger partial charge in [-0.25, -0.2) is 0 Å². The summed E-state index contributed by atoms with van der Waals surface area (Å²) in [6.07, 6.45) is 0. The maximum Gasteiger partial charge on any atom is 0.257 e. The van der Waals surface area contributed by atoms with Crippen molar-refractivity contribution in [3.8, 4) is 5.75 Å². The quantitative estimate of drug-likeness (QED) is 0.764. The van der Waals surface area contributed by atoms with Crippen molar-refractivity contribution in [2.45, 2.75) is 19.8 Å². The molecule has 0 aromatic heterocycles. The first-order chi connectivity index (χ1) is 14.3. The predicted molar refractivity (Wildman–Crippen MR) is 117 cm³/mol. The summed E-state index contributed by atoms with van der Waals surface area (Å²) in [5.74, 6) is -0.528. The molecule has 0 atom stereocenters. The van der Waals surface area contributed by atoms with Crippen LogP contribution >= 0.6 is 0 Å². The minimum atomic E-state index is -0.402. The number of anilines is 2. The van der Waals surface area contributed by atoms with E-state index in [1.165, 1.54) is 4.90 Å². The van der Waals surface area contributed by atoms with Crippen LogP contribution in [0.2, 0.25) is 0 Å². The lowest BCUT2D eigenvalue weighted by Gasteiger charge is -2.28. The molecule has 1 fully saturated rings. The van der Waals surface area contributed by atoms with E-state index >= 15 is 0 Å². The van der Waals surface area contributed by atoms with Gasteiger partial charge in [-0.3, -0.25) is 9.59 Å². The van der Waals surface area contributed by atoms with E-state index in [0.717, 1.165) is 24.3 Å². The Bertz CT molecular complexity index is 890. The number of hydrogen-bond donors (Lipinski definition) is 2. The number of nitrogens with one attached hydrogen (secondary N) is 1. The minimum Gasteiger partial charge on any atom is -0.507 e. The molecule has 1 aliphatic rings. The maximum absolute atomic E-state index is 12.6. The standard InChI is InChI=1S/C23H29N3O4/c1-16(2)17-4-9-20(21(27)14-17)23(29)25(3)15-22(28)24-18-5-7-19(8-6-18)26-10-12-30-13-11-26/h4-9,14,16,27H,10-13,15H2,1-3H3,(H,24,28). The Morgan fingerprint density at radius 1 is 1.13 bits per heavy atom. The van der Waals surface area contributed by atoms with Crippen LogP contribution in [0.15, 0.2) is 42.5 Å². The lowest BCUT2D eigenvalue weighted by Crippen LogP contribution is -2.36. The first-order valence-electron chi connectivity index (χ1n) is 10.2. The summed E-state index contributed by atoms with van der Waals surface area (Å²) in [6, 6.07) is 12.6. The first-order valence-corrected chi connectivity index (χ1v) is 10.2. The fourth-order valence-electron chi connectivity index (χ4n) is 3.36. The number of likely N-dealkylation sites (N-methyl/N-ethyl adjacent to an activating group) is 1. The molecule has 0 spiro atoms. The number of phenolic OH excluding ortho intramolecular Hbond substituents is 1. The highest BCUT2D eigenvalue weighted by atomic mass is 16.5. The molecule has 7 heteroatoms. The summed E-state index contributed by atoms with van der Waals surface area (Å²) >= 11 is 0. The number of phenols is 1. The molecule has 2 aromatic carbocycles. The van der Waals surface area contributed by atoms with Crippen LogP contribution in [0.4, 0.5) is 11.4 Å². The van der Waals surface area contributed by atoms with Crippen LogP contribution in [-0.4, -0.2) is 61.7 Å². The number of benzene rings is 2. The Balaban J connectivity index is 1.57. The van der Waals surface area contributed by atoms with Gasteiger partial charge in [-0.1, -0.05) is 19.9 Å². The molecular weight excluding hydrogens is 382 g/mol. The molecule has 0 bridgehead atoms. The lowest BCUT2D eigenvalue weighted by molar-refractivity contribution is -0.116. The number of hydrogen-bond acceptors (Lipinski definition) is 5. The van der Waals surface area contributed by atoms with Crippen molar-refractivity contribution in [2.24, 2.45) is 0 Å². The first kappa shape index (κ1) is 21.6. The molecule has 160 valence electrons. The van der Waals surface area contributed by atoms with Crippen molar-refractivity contribution in [3.63, 3.8) is 0 Å². The van der Waals surface area contributed by atoms with E-state index in [9.17, 15) is 14.7 Å². The van der Waals surface area contributed by atoms with Crippen molar-refractivity contribution in [1.29, 1.82) is 0 Å². The van der Waals surface area contributed by atoms with Gasteiger partial charge < -0.3 is 25.0 Å². The molecule has 1 saturated heterocycles. The van der Waals surface area contributed by atoms with E-state index in [1.54, 1.807) is 19.2 Å². The Kier molecular flexibility index (Phi) is 6.95. The second-order valence-electron chi connectivity index (χ2n) is 7.79. The number of carbonyl (C=O) groups is 2. The number of ether oxygens (including phenoxy) is 1. The molecule has 7 nitrogen and oxygen atoms in total. The zero-order chi connectivity index (χ0) is 21.7. The summed E-state index contributed by atoms with van der Waals surface area (Å²) < 4.78 is 5.36. The monoisotopic (exact) mass is 411 g/mol. The van der Waals surface area contributed by atoms with Gasteiger partial charge in [0.25, 0.3) is 5.91 Å². The smallest absolute Gasteiger partial charge is 0.257 e. The highest BCUT2D eigenvalue weighted by Gasteiger charge is 2.19. The second-order valence-corrected chi connectivity index (χ2v) is 7.79. The number of morpholine rings is 1. The zero-order valence-electron chi connectivity index (χ0n) is 17.7. The maximum atomic E-state index is 12.6. The molecule has 2 aromatic rings. The molecule has 0 saturated carbocycles. The van der Waals surface area contributed by atoms with E-state index in [-0.39, 0.29) is 29.7 Å². The highest BCUT2D eigenvalue weighted by Crippen LogP contribution is 2.25. The topological polar surface area (TPSA) is 82.1 Å². The molecular formula is C23H29N3O4. The van der Waals surface area contributed by atoms with Crippen LogP contribution in [0.3, 0.4) is 0 Å². The van der Waals surface area contributed by atoms with Crippen molar-refractivity contribution >= 4 is 23.2 Å². The summed E-state index contributed by atoms with van der Waals surface area (Å²) in [5.41, 5.74) is 2.89. The largest absolute Gasteiger partial charge is 0.507 e. The lowest BCUT2D eigenvalue weighted by atomic mass is 10.0. The molecule has 2 N–H and O–H groups in total. The second kappa shape index (κ2) is 9.63. The Morgan fingerprint density at radius 3 is 2.40 bits per heavy atom. The number of amides is 2. The van der Waals surface area contributed by atoms with Crippen molar-refractivity contribution < 1.29 is 19.4 Å². The molecule has 3 rings (SSSR count). The molecule has 30 heavy (non-hydrogen) atoms. The van der Waals surface area contributed by atoms with Gasteiger partial charge in [-0.15, -0.1) is 0 Å². The van der Waals surface area contributed by atoms with Gasteiger partial charge in [-0.05, 0) is 47.9 Å². The summed E-state index contributed by atoms with van der Waals surface area (Å²) in [6.45, 7) is 7.05. The third kappa shape index (κ3) is 5.30. The molecule has 0 aliphatic carbocycles. The van der Waals surface area contributed by atoms with E-state index in [2.05, 4.69) is 10.2 Å². The highest BCUT2D eigenvalue weighted by molar-refractivity contribution is 6.00. The minimum absolute atomic E-state index is 0.0721. The molecule has 1 aliphatic heterocycles. The summed E-state index contributed by atoms with van der Waals surface area (Å²) in [7, 11) is 1.54. The summed E-state index contributed by atoms with van der Waals surface area (Å²) in [4.78, 5) is 28.5. The van der Waals surface area contributed by atoms with Crippen LogP contribution in [0.1, 0.15) is 35.7 Å². The molecule has 0 unspecified atom stereocenters. The van der Waals surface area contributed by atoms with Crippen molar-refractivity contribution in [3.05, 3.63) is 53.6 Å². The average Bonchev–Trinajstić information content (AvgIpc) is 2.74. The van der Waals surface area contributed by atoms with Gasteiger partial charge in [0.05, 0.1) is 25.3 Å². The van der Waals surface area contributed by atoms with E-state index in [0.29, 0.717) is 18.9 Å². The fourth-order valence-corrected chi connectivity index (χ4v) is 3.36. The zero-order valence-corrected chi connectivity index (χ0v) is 17.7. The van der Waals surface area contributed by atoms with Crippen LogP contribution in [-0.2, 0) is 9.53 Å². The fraction of sp³-hybridized carbons (Fsp3) is 0.391. The van der Waals surface area contributed by atoms with Gasteiger partial charge in [0.15, 0.2) is 0 Å². The van der Waals surface area contributed by atoms with Crippen molar-refractivity contribution in [1.82, 2.24) is 4.90 Å². The number of aromatic hydroxyl groups is 1. The molecule has 2 amide bonds. The third-order valence-electron chi connectivity index (χ3n) is 5.17.